The van der Waals surface area contributed by atoms with Crippen molar-refractivity contribution in [3.05, 3.63) is 64.2 Å². The normalized spacial score (nSPS) is 20.0. The zero-order valence-electron chi connectivity index (χ0n) is 21.0. The number of carbonyl (C=O) groups is 2. The summed E-state index contributed by atoms with van der Waals surface area (Å²) in [4.78, 5) is 27.2. The van der Waals surface area contributed by atoms with Gasteiger partial charge in [0.15, 0.2) is 0 Å². The van der Waals surface area contributed by atoms with E-state index in [0.29, 0.717) is 44.4 Å². The van der Waals surface area contributed by atoms with Crippen molar-refractivity contribution in [1.29, 1.82) is 0 Å². The number of hydrogen-bond donors (Lipinski definition) is 2. The number of rotatable bonds is 10. The lowest BCUT2D eigenvalue weighted by Gasteiger charge is -2.26. The van der Waals surface area contributed by atoms with Crippen LogP contribution in [-0.2, 0) is 38.5 Å². The molecule has 2 N–H and O–H groups in total. The molecule has 2 atom stereocenters. The average Bonchev–Trinajstić information content (AvgIpc) is 3.63. The van der Waals surface area contributed by atoms with Gasteiger partial charge in [-0.25, -0.2) is 4.39 Å². The second kappa shape index (κ2) is 13.1. The number of fused-ring (bicyclic) bond motifs is 1. The molecule has 1 saturated carbocycles. The molecule has 2 heterocycles. The first-order valence-corrected chi connectivity index (χ1v) is 13.0. The van der Waals surface area contributed by atoms with Gasteiger partial charge in [0.05, 0.1) is 31.6 Å². The maximum Gasteiger partial charge on any atom is 0.325 e. The molecule has 3 aliphatic rings. The topological polar surface area (TPSA) is 109 Å². The maximum atomic E-state index is 14.0. The summed E-state index contributed by atoms with van der Waals surface area (Å²) in [6, 6.07) is 7.99. The van der Waals surface area contributed by atoms with Gasteiger partial charge in [-0.3, -0.25) is 19.5 Å². The fraction of sp³-hybridized carbons (Fsp3) is 0.536. The van der Waals surface area contributed by atoms with Crippen LogP contribution in [0.1, 0.15) is 72.1 Å². The quantitative estimate of drug-likeness (QED) is 0.360. The van der Waals surface area contributed by atoms with Gasteiger partial charge in [-0.15, -0.1) is 0 Å². The first kappa shape index (κ1) is 27.2. The molecular weight excluding hydrogens is 479 g/mol. The number of nitrogens with zero attached hydrogens (tertiary/aromatic N) is 2. The Morgan fingerprint density at radius 2 is 1.95 bits per heavy atom. The summed E-state index contributed by atoms with van der Waals surface area (Å²) in [6.07, 6.45) is 7.42. The van der Waals surface area contributed by atoms with E-state index in [-0.39, 0.29) is 18.4 Å². The molecule has 0 amide bonds. The second-order valence-electron chi connectivity index (χ2n) is 9.84. The minimum Gasteiger partial charge on any atom is -0.483 e. The average molecular weight is 515 g/mol. The van der Waals surface area contributed by atoms with Crippen LogP contribution in [0, 0.1) is 5.82 Å². The Morgan fingerprint density at radius 1 is 1.16 bits per heavy atom. The third kappa shape index (κ3) is 7.34. The largest absolute Gasteiger partial charge is 0.483 e. The van der Waals surface area contributed by atoms with Crippen molar-refractivity contribution in [3.63, 3.8) is 0 Å². The lowest BCUT2D eigenvalue weighted by molar-refractivity contribution is -0.143. The van der Waals surface area contributed by atoms with Crippen LogP contribution >= 0.6 is 0 Å². The highest BCUT2D eigenvalue weighted by Crippen LogP contribution is 2.44. The van der Waals surface area contributed by atoms with Gasteiger partial charge in [-0.2, -0.15) is 0 Å². The van der Waals surface area contributed by atoms with E-state index in [1.165, 1.54) is 36.2 Å². The SMILES string of the molecule is O=C(O)C(c1cc(F)ccc1C1CC1)N1CC[C@@H](OCCOCc2ccc3c(n2)CCCC3)C1.O=CO. The number of carboxylic acid groups (broad SMARTS) is 2. The summed E-state index contributed by atoms with van der Waals surface area (Å²) in [5, 5.41) is 16.9. The highest BCUT2D eigenvalue weighted by molar-refractivity contribution is 5.76. The van der Waals surface area contributed by atoms with Crippen LogP contribution in [0.5, 0.6) is 0 Å². The van der Waals surface area contributed by atoms with Crippen LogP contribution in [0.3, 0.4) is 0 Å². The molecule has 1 aromatic carbocycles. The molecule has 2 aromatic rings. The number of aryl methyl sites for hydroxylation is 2. The van der Waals surface area contributed by atoms with E-state index in [1.807, 2.05) is 11.0 Å². The van der Waals surface area contributed by atoms with Gasteiger partial charge >= 0.3 is 5.97 Å². The van der Waals surface area contributed by atoms with Crippen LogP contribution < -0.4 is 0 Å². The van der Waals surface area contributed by atoms with E-state index in [4.69, 9.17) is 24.4 Å². The van der Waals surface area contributed by atoms with Crippen LogP contribution in [0.15, 0.2) is 30.3 Å². The predicted octanol–water partition coefficient (Wildman–Crippen LogP) is 4.11. The minimum absolute atomic E-state index is 0.0507. The molecule has 8 nitrogen and oxygen atoms in total. The summed E-state index contributed by atoms with van der Waals surface area (Å²) >= 11 is 0. The van der Waals surface area contributed by atoms with Gasteiger partial charge in [0.2, 0.25) is 0 Å². The monoisotopic (exact) mass is 514 g/mol. The maximum absolute atomic E-state index is 14.0. The Bertz CT molecular complexity index is 1080. The van der Waals surface area contributed by atoms with Crippen molar-refractivity contribution in [2.24, 2.45) is 0 Å². The summed E-state index contributed by atoms with van der Waals surface area (Å²) < 4.78 is 25.8. The van der Waals surface area contributed by atoms with Gasteiger partial charge in [-0.05, 0) is 85.8 Å². The predicted molar refractivity (Wildman–Crippen MR) is 134 cm³/mol. The third-order valence-electron chi connectivity index (χ3n) is 7.20. The highest BCUT2D eigenvalue weighted by atomic mass is 19.1. The molecule has 0 radical (unpaired) electrons. The molecule has 1 saturated heterocycles. The number of carboxylic acids is 1. The first-order chi connectivity index (χ1) is 18.0. The number of aromatic nitrogens is 1. The number of aliphatic carboxylic acids is 1. The Hall–Kier alpha value is -2.88. The molecule has 0 spiro atoms. The Kier molecular flexibility index (Phi) is 9.60. The summed E-state index contributed by atoms with van der Waals surface area (Å²) in [6.45, 7) is 2.27. The fourth-order valence-corrected chi connectivity index (χ4v) is 5.32. The molecule has 2 aliphatic carbocycles. The number of pyridine rings is 1. The molecule has 9 heteroatoms. The second-order valence-corrected chi connectivity index (χ2v) is 9.84. The zero-order chi connectivity index (χ0) is 26.2. The molecule has 1 aliphatic heterocycles. The van der Waals surface area contributed by atoms with Gasteiger partial charge < -0.3 is 19.7 Å². The zero-order valence-corrected chi connectivity index (χ0v) is 21.0. The van der Waals surface area contributed by atoms with Crippen LogP contribution in [0.2, 0.25) is 0 Å². The summed E-state index contributed by atoms with van der Waals surface area (Å²) in [5.74, 6) is -0.967. The number of halogens is 1. The van der Waals surface area contributed by atoms with E-state index >= 15 is 0 Å². The molecule has 2 fully saturated rings. The van der Waals surface area contributed by atoms with E-state index in [2.05, 4.69) is 6.07 Å². The van der Waals surface area contributed by atoms with Crippen molar-refractivity contribution in [2.45, 2.75) is 69.6 Å². The first-order valence-electron chi connectivity index (χ1n) is 13.0. The van der Waals surface area contributed by atoms with E-state index in [0.717, 1.165) is 43.4 Å². The van der Waals surface area contributed by atoms with Crippen LogP contribution in [0.4, 0.5) is 4.39 Å². The van der Waals surface area contributed by atoms with Crippen molar-refractivity contribution >= 4 is 12.4 Å². The highest BCUT2D eigenvalue weighted by Gasteiger charge is 2.38. The van der Waals surface area contributed by atoms with Gasteiger partial charge in [-0.1, -0.05) is 12.1 Å². The minimum atomic E-state index is -0.936. The van der Waals surface area contributed by atoms with Crippen LogP contribution in [0.25, 0.3) is 0 Å². The Morgan fingerprint density at radius 3 is 2.70 bits per heavy atom. The molecule has 37 heavy (non-hydrogen) atoms. The fourth-order valence-electron chi connectivity index (χ4n) is 5.32. The molecule has 5 rings (SSSR count). The number of hydrogen-bond acceptors (Lipinski definition) is 6. The number of likely N-dealkylation sites (tertiary alicyclic amines) is 1. The summed E-state index contributed by atoms with van der Waals surface area (Å²) in [7, 11) is 0. The molecule has 0 bridgehead atoms. The summed E-state index contributed by atoms with van der Waals surface area (Å²) in [5.41, 5.74) is 5.11. The molecule has 200 valence electrons. The van der Waals surface area contributed by atoms with Crippen molar-refractivity contribution in [3.8, 4) is 0 Å². The van der Waals surface area contributed by atoms with Crippen molar-refractivity contribution in [2.75, 3.05) is 26.3 Å². The molecular formula is C28H35FN2O6. The standard InChI is InChI=1S/C27H33FN2O4.CH2O2/c28-20-8-10-23(18-5-6-18)24(15-20)26(27(31)32)30-12-11-22(16-30)34-14-13-33-17-21-9-7-19-3-1-2-4-25(19)29-21;2-1-3/h7-10,15,18,22,26H,1-6,11-14,16-17H2,(H,31,32);1H,(H,2,3)/t22-,26?;/m1./s1. The van der Waals surface area contributed by atoms with Gasteiger partial charge in [0.1, 0.15) is 11.9 Å². The Balaban J connectivity index is 0.00000102. The van der Waals surface area contributed by atoms with Gasteiger partial charge in [0, 0.05) is 18.8 Å². The lowest BCUT2D eigenvalue weighted by Crippen LogP contribution is -2.34. The lowest BCUT2D eigenvalue weighted by atomic mass is 9.96. The number of benzene rings is 1. The number of ether oxygens (including phenoxy) is 2. The molecule has 1 aromatic heterocycles. The van der Waals surface area contributed by atoms with E-state index in [9.17, 15) is 14.3 Å². The van der Waals surface area contributed by atoms with Crippen LogP contribution in [-0.4, -0.2) is 64.9 Å². The van der Waals surface area contributed by atoms with E-state index in [1.54, 1.807) is 6.07 Å². The van der Waals surface area contributed by atoms with Gasteiger partial charge in [0.25, 0.3) is 6.47 Å². The Labute approximate surface area is 216 Å². The van der Waals surface area contributed by atoms with Crippen molar-refractivity contribution in [1.82, 2.24) is 9.88 Å². The third-order valence-corrected chi connectivity index (χ3v) is 7.20. The van der Waals surface area contributed by atoms with Crippen molar-refractivity contribution < 1.29 is 33.7 Å². The smallest absolute Gasteiger partial charge is 0.325 e. The van der Waals surface area contributed by atoms with E-state index < -0.39 is 12.0 Å². The molecule has 1 unspecified atom stereocenters.